The molecule has 78 valence electrons. The summed E-state index contributed by atoms with van der Waals surface area (Å²) in [5.74, 6) is -0.418. The standard InChI is InChI=1S/C11H14ClFO/c1-7(2)11(3,14)8-4-5-10(13)9(12)6-8/h4-7,14H,1-3H3/t11-/m0/s1. The molecule has 0 bridgehead atoms. The zero-order valence-electron chi connectivity index (χ0n) is 8.51. The quantitative estimate of drug-likeness (QED) is 0.804. The predicted octanol–water partition coefficient (Wildman–Crippen LogP) is 3.34. The summed E-state index contributed by atoms with van der Waals surface area (Å²) in [7, 11) is 0. The van der Waals surface area contributed by atoms with E-state index in [-0.39, 0.29) is 10.9 Å². The molecule has 1 nitrogen and oxygen atoms in total. The molecule has 3 heteroatoms. The molecule has 0 unspecified atom stereocenters. The van der Waals surface area contributed by atoms with Crippen molar-refractivity contribution in [3.8, 4) is 0 Å². The van der Waals surface area contributed by atoms with Crippen LogP contribution in [0.25, 0.3) is 0 Å². The molecule has 0 fully saturated rings. The lowest BCUT2D eigenvalue weighted by molar-refractivity contribution is 0.00900. The van der Waals surface area contributed by atoms with Crippen molar-refractivity contribution in [3.63, 3.8) is 0 Å². The smallest absolute Gasteiger partial charge is 0.141 e. The number of halogens is 2. The van der Waals surface area contributed by atoms with Gasteiger partial charge in [0, 0.05) is 0 Å². The van der Waals surface area contributed by atoms with Gasteiger partial charge in [-0.1, -0.05) is 31.5 Å². The van der Waals surface area contributed by atoms with Gasteiger partial charge < -0.3 is 5.11 Å². The van der Waals surface area contributed by atoms with Crippen molar-refractivity contribution in [2.24, 2.45) is 5.92 Å². The number of hydrogen-bond acceptors (Lipinski definition) is 1. The second kappa shape index (κ2) is 3.87. The van der Waals surface area contributed by atoms with Crippen LogP contribution in [0.15, 0.2) is 18.2 Å². The van der Waals surface area contributed by atoms with Crippen molar-refractivity contribution < 1.29 is 9.50 Å². The first-order chi connectivity index (χ1) is 6.35. The summed E-state index contributed by atoms with van der Waals surface area (Å²) in [6.45, 7) is 5.50. The van der Waals surface area contributed by atoms with Crippen LogP contribution in [0.4, 0.5) is 4.39 Å². The van der Waals surface area contributed by atoms with Gasteiger partial charge in [0.05, 0.1) is 10.6 Å². The minimum absolute atomic E-state index is 0.0448. The lowest BCUT2D eigenvalue weighted by atomic mass is 9.85. The van der Waals surface area contributed by atoms with Gasteiger partial charge in [0.2, 0.25) is 0 Å². The van der Waals surface area contributed by atoms with Crippen LogP contribution in [0, 0.1) is 11.7 Å². The first-order valence-corrected chi connectivity index (χ1v) is 4.91. The molecule has 1 aromatic rings. The highest BCUT2D eigenvalue weighted by molar-refractivity contribution is 6.30. The molecule has 1 atom stereocenters. The van der Waals surface area contributed by atoms with Crippen LogP contribution < -0.4 is 0 Å². The molecular weight excluding hydrogens is 203 g/mol. The van der Waals surface area contributed by atoms with Crippen LogP contribution in [0.3, 0.4) is 0 Å². The van der Waals surface area contributed by atoms with E-state index in [1.54, 1.807) is 13.0 Å². The Balaban J connectivity index is 3.14. The molecule has 0 saturated carbocycles. The molecule has 0 saturated heterocycles. The molecule has 0 aliphatic carbocycles. The van der Waals surface area contributed by atoms with E-state index in [1.807, 2.05) is 13.8 Å². The second-order valence-electron chi connectivity index (χ2n) is 3.93. The summed E-state index contributed by atoms with van der Waals surface area (Å²) in [6, 6.07) is 4.30. The average Bonchev–Trinajstić information content (AvgIpc) is 2.09. The Kier molecular flexibility index (Phi) is 3.17. The summed E-state index contributed by atoms with van der Waals surface area (Å²) in [6.07, 6.45) is 0. The zero-order valence-corrected chi connectivity index (χ0v) is 9.27. The first kappa shape index (κ1) is 11.5. The van der Waals surface area contributed by atoms with Gasteiger partial charge in [-0.15, -0.1) is 0 Å². The summed E-state index contributed by atoms with van der Waals surface area (Å²) in [4.78, 5) is 0. The lowest BCUT2D eigenvalue weighted by Gasteiger charge is -2.28. The van der Waals surface area contributed by atoms with Crippen molar-refractivity contribution in [1.29, 1.82) is 0 Å². The third kappa shape index (κ3) is 2.07. The Labute approximate surface area is 88.5 Å². The predicted molar refractivity (Wildman–Crippen MR) is 55.8 cm³/mol. The molecule has 1 rings (SSSR count). The van der Waals surface area contributed by atoms with Crippen LogP contribution in [-0.2, 0) is 5.60 Å². The highest BCUT2D eigenvalue weighted by Gasteiger charge is 2.27. The SMILES string of the molecule is CC(C)[C@](C)(O)c1ccc(F)c(Cl)c1. The van der Waals surface area contributed by atoms with Crippen LogP contribution >= 0.6 is 11.6 Å². The molecule has 0 amide bonds. The van der Waals surface area contributed by atoms with Gasteiger partial charge >= 0.3 is 0 Å². The van der Waals surface area contributed by atoms with Crippen LogP contribution in [0.1, 0.15) is 26.3 Å². The first-order valence-electron chi connectivity index (χ1n) is 4.53. The minimum atomic E-state index is -0.975. The summed E-state index contributed by atoms with van der Waals surface area (Å²) in [5.41, 5.74) is -0.337. The molecule has 0 aliphatic rings. The second-order valence-corrected chi connectivity index (χ2v) is 4.34. The summed E-state index contributed by atoms with van der Waals surface area (Å²) < 4.78 is 12.9. The van der Waals surface area contributed by atoms with E-state index < -0.39 is 11.4 Å². The highest BCUT2D eigenvalue weighted by atomic mass is 35.5. The van der Waals surface area contributed by atoms with Gasteiger partial charge in [0.15, 0.2) is 0 Å². The maximum Gasteiger partial charge on any atom is 0.141 e. The highest BCUT2D eigenvalue weighted by Crippen LogP contribution is 2.31. The summed E-state index contributed by atoms with van der Waals surface area (Å²) in [5, 5.41) is 10.1. The number of aliphatic hydroxyl groups is 1. The normalized spacial score (nSPS) is 15.6. The van der Waals surface area contributed by atoms with E-state index >= 15 is 0 Å². The molecule has 0 radical (unpaired) electrons. The Morgan fingerprint density at radius 2 is 2.00 bits per heavy atom. The summed E-state index contributed by atoms with van der Waals surface area (Å²) >= 11 is 5.64. The third-order valence-electron chi connectivity index (χ3n) is 2.63. The molecule has 1 N–H and O–H groups in total. The van der Waals surface area contributed by atoms with Crippen LogP contribution in [0.2, 0.25) is 5.02 Å². The van der Waals surface area contributed by atoms with E-state index in [0.29, 0.717) is 5.56 Å². The minimum Gasteiger partial charge on any atom is -0.385 e. The van der Waals surface area contributed by atoms with Crippen LogP contribution in [0.5, 0.6) is 0 Å². The largest absolute Gasteiger partial charge is 0.385 e. The van der Waals surface area contributed by atoms with Crippen molar-refractivity contribution >= 4 is 11.6 Å². The molecule has 0 spiro atoms. The average molecular weight is 217 g/mol. The lowest BCUT2D eigenvalue weighted by Crippen LogP contribution is -2.27. The third-order valence-corrected chi connectivity index (χ3v) is 2.92. The maximum absolute atomic E-state index is 12.9. The van der Waals surface area contributed by atoms with Gasteiger partial charge in [-0.3, -0.25) is 0 Å². The number of hydrogen-bond donors (Lipinski definition) is 1. The van der Waals surface area contributed by atoms with E-state index in [0.717, 1.165) is 0 Å². The Morgan fingerprint density at radius 3 is 2.43 bits per heavy atom. The fraction of sp³-hybridized carbons (Fsp3) is 0.455. The van der Waals surface area contributed by atoms with Gasteiger partial charge in [0.1, 0.15) is 5.82 Å². The Morgan fingerprint density at radius 1 is 1.43 bits per heavy atom. The topological polar surface area (TPSA) is 20.2 Å². The van der Waals surface area contributed by atoms with E-state index in [9.17, 15) is 9.50 Å². The van der Waals surface area contributed by atoms with Crippen molar-refractivity contribution in [1.82, 2.24) is 0 Å². The zero-order chi connectivity index (χ0) is 10.9. The maximum atomic E-state index is 12.9. The van der Waals surface area contributed by atoms with Crippen LogP contribution in [-0.4, -0.2) is 5.11 Å². The van der Waals surface area contributed by atoms with Crippen molar-refractivity contribution in [3.05, 3.63) is 34.6 Å². The van der Waals surface area contributed by atoms with Gasteiger partial charge in [-0.05, 0) is 30.5 Å². The van der Waals surface area contributed by atoms with Crippen molar-refractivity contribution in [2.45, 2.75) is 26.4 Å². The van der Waals surface area contributed by atoms with E-state index in [2.05, 4.69) is 0 Å². The van der Waals surface area contributed by atoms with E-state index in [1.165, 1.54) is 12.1 Å². The Hall–Kier alpha value is -0.600. The molecule has 14 heavy (non-hydrogen) atoms. The van der Waals surface area contributed by atoms with Gasteiger partial charge in [0.25, 0.3) is 0 Å². The van der Waals surface area contributed by atoms with Gasteiger partial charge in [-0.25, -0.2) is 4.39 Å². The molecular formula is C11H14ClFO. The molecule has 0 aliphatic heterocycles. The number of benzene rings is 1. The van der Waals surface area contributed by atoms with Gasteiger partial charge in [-0.2, -0.15) is 0 Å². The molecule has 0 aromatic heterocycles. The van der Waals surface area contributed by atoms with E-state index in [4.69, 9.17) is 11.6 Å². The fourth-order valence-corrected chi connectivity index (χ4v) is 1.32. The number of rotatable bonds is 2. The molecule has 0 heterocycles. The Bertz CT molecular complexity index is 334. The molecule has 1 aromatic carbocycles. The monoisotopic (exact) mass is 216 g/mol. The fourth-order valence-electron chi connectivity index (χ4n) is 1.14. The van der Waals surface area contributed by atoms with Crippen molar-refractivity contribution in [2.75, 3.05) is 0 Å².